The molecule has 170 valence electrons. The molecule has 0 aliphatic heterocycles. The smallest absolute Gasteiger partial charge is 0.324 e. The Morgan fingerprint density at radius 1 is 1.17 bits per heavy atom. The van der Waals surface area contributed by atoms with Gasteiger partial charge < -0.3 is 31.2 Å². The largest absolute Gasteiger partial charge is 0.615 e. The van der Waals surface area contributed by atoms with Gasteiger partial charge in [-0.05, 0) is 56.9 Å². The molecule has 8 nitrogen and oxygen atoms in total. The minimum Gasteiger partial charge on any atom is -0.615 e. The van der Waals surface area contributed by atoms with Crippen LogP contribution < -0.4 is 11.6 Å². The normalized spacial score (nSPS) is 16.4. The summed E-state index contributed by atoms with van der Waals surface area (Å²) < 4.78 is 15.4. The summed E-state index contributed by atoms with van der Waals surface area (Å²) in [4.78, 5) is 23.8. The minimum absolute atomic E-state index is 0. The van der Waals surface area contributed by atoms with Crippen LogP contribution in [0.5, 0.6) is 0 Å². The Morgan fingerprint density at radius 3 is 2.33 bits per heavy atom. The number of carbonyl (C=O) groups excluding carboxylic acids is 2. The van der Waals surface area contributed by atoms with E-state index in [1.54, 1.807) is 26.8 Å². The number of halogens is 2. The summed E-state index contributed by atoms with van der Waals surface area (Å²) >= 11 is 12.1. The molecule has 0 saturated heterocycles. The van der Waals surface area contributed by atoms with Crippen LogP contribution in [-0.2, 0) is 57.1 Å². The molecule has 11 heteroatoms. The van der Waals surface area contributed by atoms with Gasteiger partial charge in [0.15, 0.2) is 5.88 Å². The molecule has 0 fully saturated rings. The van der Waals surface area contributed by atoms with Crippen LogP contribution in [0.15, 0.2) is 23.7 Å². The average molecular weight is 552 g/mol. The summed E-state index contributed by atoms with van der Waals surface area (Å²) in [5, 5.41) is 0.962. The topological polar surface area (TPSA) is 128 Å². The first-order valence-electron chi connectivity index (χ1n) is 8.91. The van der Waals surface area contributed by atoms with Crippen molar-refractivity contribution in [3.63, 3.8) is 0 Å². The maximum atomic E-state index is 12.1. The van der Waals surface area contributed by atoms with Crippen LogP contribution >= 0.6 is 23.2 Å². The number of benzene rings is 1. The number of ether oxygens (including phenoxy) is 3. The zero-order valence-electron chi connectivity index (χ0n) is 16.8. The third kappa shape index (κ3) is 7.03. The molecule has 1 atom stereocenters. The van der Waals surface area contributed by atoms with Crippen LogP contribution in [0.2, 0.25) is 10.0 Å². The van der Waals surface area contributed by atoms with Gasteiger partial charge in [0.25, 0.3) is 0 Å². The van der Waals surface area contributed by atoms with Crippen molar-refractivity contribution in [2.75, 3.05) is 6.79 Å². The first-order valence-corrected chi connectivity index (χ1v) is 9.67. The van der Waals surface area contributed by atoms with Crippen molar-refractivity contribution in [1.82, 2.24) is 0 Å². The molecular weight excluding hydrogens is 528 g/mol. The van der Waals surface area contributed by atoms with E-state index in [1.165, 1.54) is 0 Å². The van der Waals surface area contributed by atoms with Crippen molar-refractivity contribution >= 4 is 35.1 Å². The van der Waals surface area contributed by atoms with E-state index in [-0.39, 0.29) is 32.4 Å². The van der Waals surface area contributed by atoms with Crippen LogP contribution in [0.4, 0.5) is 0 Å². The standard InChI is InChI=1S/C19H24Cl2N3O5.Pd/c1-19(2,3)18(26)28-9-27-17(25)15(24-23)16(22)29-12-5-4-10-7-13(20)14(21)8-11(10)6-12;/h7-8,12H,4-6,9,23H2,1-3H3,(H2,22,25);/q-1;. The van der Waals surface area contributed by atoms with Crippen molar-refractivity contribution < 1.29 is 44.2 Å². The first kappa shape index (κ1) is 26.5. The van der Waals surface area contributed by atoms with Gasteiger partial charge in [-0.2, -0.15) is 0 Å². The van der Waals surface area contributed by atoms with Crippen molar-refractivity contribution in [3.05, 3.63) is 50.3 Å². The molecule has 0 radical (unpaired) electrons. The monoisotopic (exact) mass is 550 g/mol. The van der Waals surface area contributed by atoms with E-state index >= 15 is 0 Å². The van der Waals surface area contributed by atoms with Crippen LogP contribution in [-0.4, -0.2) is 24.8 Å². The zero-order chi connectivity index (χ0) is 21.8. The van der Waals surface area contributed by atoms with Gasteiger partial charge in [-0.1, -0.05) is 23.2 Å². The number of hydrogen-bond acceptors (Lipinski definition) is 7. The van der Waals surface area contributed by atoms with Gasteiger partial charge in [0, 0.05) is 32.5 Å². The summed E-state index contributed by atoms with van der Waals surface area (Å²) in [6.45, 7) is 4.43. The molecule has 30 heavy (non-hydrogen) atoms. The molecule has 0 spiro atoms. The molecule has 0 bridgehead atoms. The Labute approximate surface area is 199 Å². The van der Waals surface area contributed by atoms with E-state index in [0.717, 1.165) is 11.1 Å². The Balaban J connectivity index is 0.00000450. The Kier molecular flexibility index (Phi) is 9.92. The third-order valence-electron chi connectivity index (χ3n) is 4.27. The fourth-order valence-corrected chi connectivity index (χ4v) is 3.06. The van der Waals surface area contributed by atoms with Crippen molar-refractivity contribution in [2.45, 2.75) is 46.1 Å². The molecule has 1 aromatic rings. The number of carbonyl (C=O) groups is 2. The number of esters is 2. The average Bonchev–Trinajstić information content (AvgIpc) is 2.62. The molecule has 1 aromatic carbocycles. The van der Waals surface area contributed by atoms with Gasteiger partial charge in [0.1, 0.15) is 6.10 Å². The maximum absolute atomic E-state index is 12.1. The van der Waals surface area contributed by atoms with Gasteiger partial charge in [-0.25, -0.2) is 4.79 Å². The Morgan fingerprint density at radius 2 is 1.77 bits per heavy atom. The molecule has 1 aliphatic rings. The quantitative estimate of drug-likeness (QED) is 0.106. The van der Waals surface area contributed by atoms with Crippen LogP contribution in [0, 0.1) is 5.41 Å². The van der Waals surface area contributed by atoms with E-state index in [0.29, 0.717) is 29.3 Å². The van der Waals surface area contributed by atoms with E-state index in [9.17, 15) is 9.59 Å². The van der Waals surface area contributed by atoms with Gasteiger partial charge in [0.05, 0.1) is 15.5 Å². The van der Waals surface area contributed by atoms with Crippen LogP contribution in [0.3, 0.4) is 0 Å². The molecule has 0 aromatic heterocycles. The second kappa shape index (κ2) is 11.2. The van der Waals surface area contributed by atoms with Crippen LogP contribution in [0.1, 0.15) is 38.3 Å². The van der Waals surface area contributed by atoms with Crippen molar-refractivity contribution in [3.8, 4) is 0 Å². The van der Waals surface area contributed by atoms with Crippen molar-refractivity contribution in [2.24, 2.45) is 17.0 Å². The summed E-state index contributed by atoms with van der Waals surface area (Å²) in [7, 11) is 0. The number of nitrogens with zero attached hydrogens (tertiary/aromatic N) is 1. The summed E-state index contributed by atoms with van der Waals surface area (Å²) in [6.07, 6.45) is 1.60. The van der Waals surface area contributed by atoms with Gasteiger partial charge in [-0.15, -0.1) is 0 Å². The summed E-state index contributed by atoms with van der Waals surface area (Å²) in [5.41, 5.74) is 10.2. The summed E-state index contributed by atoms with van der Waals surface area (Å²) in [6, 6.07) is 3.63. The third-order valence-corrected chi connectivity index (χ3v) is 4.99. The molecular formula is C19H24Cl2N3O5Pd-. The zero-order valence-corrected chi connectivity index (χ0v) is 19.8. The number of fused-ring (bicyclic) bond motifs is 1. The SMILES string of the molecule is CC(C)(C)C(=O)OCOC(=O)/C([N-]N)=C(/N)OC1CCc2cc(Cl)c(Cl)cc2C1.[Pd]. The molecule has 1 aliphatic carbocycles. The second-order valence-corrected chi connectivity index (χ2v) is 8.41. The number of rotatable bonds is 6. The predicted molar refractivity (Wildman–Crippen MR) is 109 cm³/mol. The van der Waals surface area contributed by atoms with Gasteiger partial charge in [0.2, 0.25) is 6.79 Å². The molecule has 0 heterocycles. The Hall–Kier alpha value is -1.50. The molecule has 2 rings (SSSR count). The molecule has 0 amide bonds. The molecule has 0 saturated carbocycles. The van der Waals surface area contributed by atoms with E-state index in [1.807, 2.05) is 6.07 Å². The van der Waals surface area contributed by atoms with Crippen molar-refractivity contribution in [1.29, 1.82) is 0 Å². The number of aryl methyl sites for hydroxylation is 1. The van der Waals surface area contributed by atoms with Gasteiger partial charge in [-0.3, -0.25) is 4.79 Å². The number of hydrogen-bond donors (Lipinski definition) is 2. The van der Waals surface area contributed by atoms with Crippen LogP contribution in [0.25, 0.3) is 5.43 Å². The fourth-order valence-electron chi connectivity index (χ4n) is 2.69. The predicted octanol–water partition coefficient (Wildman–Crippen LogP) is 3.33. The number of nitrogens with two attached hydrogens (primary N) is 2. The fraction of sp³-hybridized carbons (Fsp3) is 0.474. The second-order valence-electron chi connectivity index (χ2n) is 7.59. The van der Waals surface area contributed by atoms with E-state index in [2.05, 4.69) is 5.43 Å². The van der Waals surface area contributed by atoms with E-state index < -0.39 is 29.8 Å². The summed E-state index contributed by atoms with van der Waals surface area (Å²) in [5.74, 6) is 3.51. The van der Waals surface area contributed by atoms with E-state index in [4.69, 9.17) is 49.0 Å². The Bertz CT molecular complexity index is 827. The molecule has 1 unspecified atom stereocenters. The minimum atomic E-state index is -0.960. The van der Waals surface area contributed by atoms with Gasteiger partial charge >= 0.3 is 11.9 Å². The maximum Gasteiger partial charge on any atom is 0.324 e. The first-order chi connectivity index (χ1) is 13.5. The molecule has 4 N–H and O–H groups in total.